The van der Waals surface area contributed by atoms with Crippen LogP contribution in [0.25, 0.3) is 0 Å². The summed E-state index contributed by atoms with van der Waals surface area (Å²) in [5.74, 6) is 1.29. The molecule has 0 saturated heterocycles. The Labute approximate surface area is 191 Å². The van der Waals surface area contributed by atoms with Crippen molar-refractivity contribution in [2.24, 2.45) is 7.05 Å². The molecule has 1 aromatic heterocycles. The van der Waals surface area contributed by atoms with Crippen molar-refractivity contribution >= 4 is 35.0 Å². The monoisotopic (exact) mass is 453 g/mol. The van der Waals surface area contributed by atoms with Gasteiger partial charge in [0.25, 0.3) is 5.91 Å². The minimum absolute atomic E-state index is 0.157. The number of hydrogen-bond acceptors (Lipinski definition) is 6. The number of hydrogen-bond donors (Lipinski definition) is 2. The summed E-state index contributed by atoms with van der Waals surface area (Å²) in [5, 5.41) is 14.4. The van der Waals surface area contributed by atoms with E-state index in [2.05, 4.69) is 34.7 Å². The summed E-state index contributed by atoms with van der Waals surface area (Å²) in [6.07, 6.45) is 0. The third-order valence-corrected chi connectivity index (χ3v) is 5.94. The van der Waals surface area contributed by atoms with Gasteiger partial charge in [-0.2, -0.15) is 0 Å². The lowest BCUT2D eigenvalue weighted by atomic mass is 10.2. The van der Waals surface area contributed by atoms with Crippen LogP contribution in [-0.2, 0) is 11.8 Å². The lowest BCUT2D eigenvalue weighted by Crippen LogP contribution is -2.23. The van der Waals surface area contributed by atoms with Crippen LogP contribution in [0.5, 0.6) is 5.75 Å². The van der Waals surface area contributed by atoms with Gasteiger partial charge in [0.15, 0.2) is 5.16 Å². The predicted molar refractivity (Wildman–Crippen MR) is 126 cm³/mol. The van der Waals surface area contributed by atoms with Crippen molar-refractivity contribution < 1.29 is 14.3 Å². The van der Waals surface area contributed by atoms with E-state index in [1.54, 1.807) is 43.5 Å². The second-order valence-electron chi connectivity index (χ2n) is 7.54. The summed E-state index contributed by atoms with van der Waals surface area (Å²) in [4.78, 5) is 25.2. The molecule has 3 rings (SSSR count). The number of nitrogens with one attached hydrogen (secondary N) is 2. The van der Waals surface area contributed by atoms with Crippen LogP contribution in [0.15, 0.2) is 53.7 Å². The molecule has 3 aromatic rings. The van der Waals surface area contributed by atoms with Crippen molar-refractivity contribution in [3.05, 3.63) is 59.9 Å². The number of ether oxygens (including phenoxy) is 1. The minimum Gasteiger partial charge on any atom is -0.495 e. The lowest BCUT2D eigenvalue weighted by molar-refractivity contribution is -0.115. The second-order valence-corrected chi connectivity index (χ2v) is 8.84. The molecule has 0 fully saturated rings. The number of methoxy groups -OCH3 is 1. The fraction of sp³-hybridized carbons (Fsp3) is 0.304. The molecular formula is C23H27N5O3S. The van der Waals surface area contributed by atoms with Gasteiger partial charge in [-0.05, 0) is 43.3 Å². The van der Waals surface area contributed by atoms with Gasteiger partial charge in [0.05, 0.1) is 18.0 Å². The molecule has 1 unspecified atom stereocenters. The first-order valence-corrected chi connectivity index (χ1v) is 11.1. The quantitative estimate of drug-likeness (QED) is 0.493. The Kier molecular flexibility index (Phi) is 7.53. The topological polar surface area (TPSA) is 98.1 Å². The van der Waals surface area contributed by atoms with Crippen molar-refractivity contribution in [2.75, 3.05) is 17.7 Å². The van der Waals surface area contributed by atoms with Crippen LogP contribution >= 0.6 is 11.8 Å². The Balaban J connectivity index is 1.60. The maximum absolute atomic E-state index is 12.6. The van der Waals surface area contributed by atoms with Gasteiger partial charge in [0.1, 0.15) is 11.6 Å². The Morgan fingerprint density at radius 2 is 1.69 bits per heavy atom. The van der Waals surface area contributed by atoms with Gasteiger partial charge in [-0.15, -0.1) is 10.2 Å². The highest BCUT2D eigenvalue weighted by Crippen LogP contribution is 2.26. The molecule has 9 heteroatoms. The summed E-state index contributed by atoms with van der Waals surface area (Å²) in [7, 11) is 3.45. The molecule has 0 aliphatic heterocycles. The van der Waals surface area contributed by atoms with Crippen LogP contribution in [-0.4, -0.2) is 38.9 Å². The molecule has 0 aliphatic carbocycles. The highest BCUT2D eigenvalue weighted by Gasteiger charge is 2.20. The van der Waals surface area contributed by atoms with Gasteiger partial charge in [0, 0.05) is 24.2 Å². The van der Waals surface area contributed by atoms with E-state index in [4.69, 9.17) is 4.74 Å². The first kappa shape index (κ1) is 23.3. The minimum atomic E-state index is -0.369. The number of anilines is 2. The average molecular weight is 454 g/mol. The SMILES string of the molecule is COc1ccccc1NC(=O)c1ccc(NC(=O)C(C)Sc2nnc(C(C)C)n2C)cc1. The molecule has 0 aliphatic rings. The summed E-state index contributed by atoms with van der Waals surface area (Å²) in [6, 6.07) is 13.9. The van der Waals surface area contributed by atoms with Crippen molar-refractivity contribution in [1.29, 1.82) is 0 Å². The number of amides is 2. The summed E-state index contributed by atoms with van der Waals surface area (Å²) >= 11 is 1.35. The van der Waals surface area contributed by atoms with Crippen LogP contribution < -0.4 is 15.4 Å². The van der Waals surface area contributed by atoms with Gasteiger partial charge >= 0.3 is 0 Å². The number of benzene rings is 2. The lowest BCUT2D eigenvalue weighted by Gasteiger charge is -2.13. The first-order chi connectivity index (χ1) is 15.3. The third kappa shape index (κ3) is 5.47. The van der Waals surface area contributed by atoms with Gasteiger partial charge in [-0.25, -0.2) is 0 Å². The zero-order chi connectivity index (χ0) is 23.3. The fourth-order valence-corrected chi connectivity index (χ4v) is 3.86. The molecule has 0 spiro atoms. The molecule has 1 heterocycles. The molecule has 2 aromatic carbocycles. The highest BCUT2D eigenvalue weighted by molar-refractivity contribution is 8.00. The van der Waals surface area contributed by atoms with E-state index in [0.717, 1.165) is 5.82 Å². The van der Waals surface area contributed by atoms with E-state index in [0.29, 0.717) is 27.8 Å². The van der Waals surface area contributed by atoms with Crippen molar-refractivity contribution in [3.8, 4) is 5.75 Å². The van der Waals surface area contributed by atoms with E-state index >= 15 is 0 Å². The highest BCUT2D eigenvalue weighted by atomic mass is 32.2. The van der Waals surface area contributed by atoms with E-state index in [9.17, 15) is 9.59 Å². The van der Waals surface area contributed by atoms with Crippen LogP contribution in [0.1, 0.15) is 42.9 Å². The number of carbonyl (C=O) groups is 2. The van der Waals surface area contributed by atoms with E-state index in [-0.39, 0.29) is 23.0 Å². The van der Waals surface area contributed by atoms with Crippen molar-refractivity contribution in [2.45, 2.75) is 37.1 Å². The number of para-hydroxylation sites is 2. The molecule has 0 bridgehead atoms. The Morgan fingerprint density at radius 1 is 1.00 bits per heavy atom. The van der Waals surface area contributed by atoms with Crippen LogP contribution in [0.3, 0.4) is 0 Å². The summed E-state index contributed by atoms with van der Waals surface area (Å²) in [6.45, 7) is 5.92. The Hall–Kier alpha value is -3.33. The standard InChI is InChI=1S/C23H27N5O3S/c1-14(2)20-26-27-23(28(20)4)32-15(3)21(29)24-17-12-10-16(11-13-17)22(30)25-18-8-6-7-9-19(18)31-5/h6-15H,1-5H3,(H,24,29)(H,25,30). The predicted octanol–water partition coefficient (Wildman–Crippen LogP) is 4.32. The molecule has 2 amide bonds. The molecule has 1 atom stereocenters. The maximum atomic E-state index is 12.6. The number of nitrogens with zero attached hydrogens (tertiary/aromatic N) is 3. The second kappa shape index (κ2) is 10.3. The van der Waals surface area contributed by atoms with Crippen molar-refractivity contribution in [3.63, 3.8) is 0 Å². The van der Waals surface area contributed by atoms with Crippen LogP contribution in [0.4, 0.5) is 11.4 Å². The molecule has 0 radical (unpaired) electrons. The van der Waals surface area contributed by atoms with Gasteiger partial charge in [0.2, 0.25) is 5.91 Å². The molecular weight excluding hydrogens is 426 g/mol. The van der Waals surface area contributed by atoms with Gasteiger partial charge in [-0.1, -0.05) is 37.7 Å². The zero-order valence-corrected chi connectivity index (χ0v) is 19.6. The van der Waals surface area contributed by atoms with E-state index < -0.39 is 0 Å². The average Bonchev–Trinajstić information content (AvgIpc) is 3.14. The van der Waals surface area contributed by atoms with E-state index in [1.807, 2.05) is 30.7 Å². The van der Waals surface area contributed by atoms with Gasteiger partial charge in [-0.3, -0.25) is 9.59 Å². The number of thioether (sulfide) groups is 1. The fourth-order valence-electron chi connectivity index (χ4n) is 3.03. The van der Waals surface area contributed by atoms with Crippen LogP contribution in [0.2, 0.25) is 0 Å². The van der Waals surface area contributed by atoms with Gasteiger partial charge < -0.3 is 19.9 Å². The largest absolute Gasteiger partial charge is 0.495 e. The summed E-state index contributed by atoms with van der Waals surface area (Å²) < 4.78 is 7.17. The molecule has 8 nitrogen and oxygen atoms in total. The van der Waals surface area contributed by atoms with Crippen molar-refractivity contribution in [1.82, 2.24) is 14.8 Å². The number of aromatic nitrogens is 3. The normalized spacial score (nSPS) is 11.8. The maximum Gasteiger partial charge on any atom is 0.255 e. The third-order valence-electron chi connectivity index (χ3n) is 4.81. The molecule has 32 heavy (non-hydrogen) atoms. The first-order valence-electron chi connectivity index (χ1n) is 10.2. The molecule has 0 saturated carbocycles. The Morgan fingerprint density at radius 3 is 2.31 bits per heavy atom. The molecule has 2 N–H and O–H groups in total. The van der Waals surface area contributed by atoms with Crippen LogP contribution in [0, 0.1) is 0 Å². The zero-order valence-electron chi connectivity index (χ0n) is 18.7. The number of carbonyl (C=O) groups excluding carboxylic acids is 2. The Bertz CT molecular complexity index is 1100. The summed E-state index contributed by atoms with van der Waals surface area (Å²) in [5.41, 5.74) is 1.67. The number of rotatable bonds is 8. The van der Waals surface area contributed by atoms with E-state index in [1.165, 1.54) is 11.8 Å². The smallest absolute Gasteiger partial charge is 0.255 e. The molecule has 168 valence electrons.